The van der Waals surface area contributed by atoms with Crippen LogP contribution in [0.5, 0.6) is 5.75 Å². The molecule has 2 aliphatic rings. The lowest BCUT2D eigenvalue weighted by Crippen LogP contribution is -2.29. The monoisotopic (exact) mass is 451 g/mol. The molecule has 0 saturated heterocycles. The second kappa shape index (κ2) is 7.62. The number of hydrogen-bond acceptors (Lipinski definition) is 4. The highest BCUT2D eigenvalue weighted by atomic mass is 19.4. The standard InChI is InChI=1S/C25H17F4N3O/c26-17-5-1-14(2-6-17)24-21-9-4-15-11-19(33)8-10-20(15)23(21)31-32(24)18-7-3-16(13-30)22(12-18)25(27,28)29/h1-3,5-8,10-12,21,24,33H,4,9H2/t21-,24-/m1/s1. The Morgan fingerprint density at radius 2 is 1.79 bits per heavy atom. The molecule has 1 aliphatic heterocycles. The summed E-state index contributed by atoms with van der Waals surface area (Å²) in [6.07, 6.45) is -3.37. The van der Waals surface area contributed by atoms with E-state index in [1.165, 1.54) is 23.2 Å². The summed E-state index contributed by atoms with van der Waals surface area (Å²) in [4.78, 5) is 0. The number of nitrogens with zero attached hydrogens (tertiary/aromatic N) is 3. The average molecular weight is 451 g/mol. The van der Waals surface area contributed by atoms with E-state index in [4.69, 9.17) is 10.4 Å². The molecule has 0 radical (unpaired) electrons. The first-order valence-corrected chi connectivity index (χ1v) is 10.3. The molecule has 1 aliphatic carbocycles. The number of alkyl halides is 3. The smallest absolute Gasteiger partial charge is 0.417 e. The van der Waals surface area contributed by atoms with Gasteiger partial charge in [-0.3, -0.25) is 5.01 Å². The summed E-state index contributed by atoms with van der Waals surface area (Å²) in [5, 5.41) is 25.3. The lowest BCUT2D eigenvalue weighted by atomic mass is 9.77. The molecule has 33 heavy (non-hydrogen) atoms. The van der Waals surface area contributed by atoms with Gasteiger partial charge in [-0.25, -0.2) is 4.39 Å². The Hall–Kier alpha value is -3.86. The van der Waals surface area contributed by atoms with Crippen LogP contribution in [-0.2, 0) is 12.6 Å². The van der Waals surface area contributed by atoms with E-state index in [1.807, 2.05) is 0 Å². The van der Waals surface area contributed by atoms with Crippen molar-refractivity contribution in [3.8, 4) is 11.8 Å². The molecule has 1 N–H and O–H groups in total. The number of aromatic hydroxyl groups is 1. The number of phenolic OH excluding ortho intramolecular Hbond substituents is 1. The summed E-state index contributed by atoms with van der Waals surface area (Å²) in [5.74, 6) is -0.413. The Morgan fingerprint density at radius 1 is 1.03 bits per heavy atom. The summed E-state index contributed by atoms with van der Waals surface area (Å²) in [7, 11) is 0. The van der Waals surface area contributed by atoms with Crippen molar-refractivity contribution in [2.45, 2.75) is 25.1 Å². The largest absolute Gasteiger partial charge is 0.508 e. The van der Waals surface area contributed by atoms with Crippen molar-refractivity contribution in [2.75, 3.05) is 5.01 Å². The Labute approximate surface area is 187 Å². The number of hydrazone groups is 1. The van der Waals surface area contributed by atoms with Gasteiger partial charge >= 0.3 is 6.18 Å². The summed E-state index contributed by atoms with van der Waals surface area (Å²) >= 11 is 0. The molecule has 1 heterocycles. The van der Waals surface area contributed by atoms with Crippen LogP contribution < -0.4 is 5.01 Å². The van der Waals surface area contributed by atoms with Crippen LogP contribution in [0.4, 0.5) is 23.2 Å². The zero-order valence-electron chi connectivity index (χ0n) is 17.1. The minimum absolute atomic E-state index is 0.139. The van der Waals surface area contributed by atoms with E-state index in [0.29, 0.717) is 18.6 Å². The summed E-state index contributed by atoms with van der Waals surface area (Å²) in [6.45, 7) is 0. The predicted molar refractivity (Wildman–Crippen MR) is 114 cm³/mol. The van der Waals surface area contributed by atoms with Gasteiger partial charge in [0.15, 0.2) is 0 Å². The normalized spacial score (nSPS) is 19.5. The maximum Gasteiger partial charge on any atom is 0.417 e. The fourth-order valence-corrected chi connectivity index (χ4v) is 4.73. The Kier molecular flexibility index (Phi) is 4.85. The van der Waals surface area contributed by atoms with Gasteiger partial charge in [0, 0.05) is 11.5 Å². The first-order valence-electron chi connectivity index (χ1n) is 10.3. The predicted octanol–water partition coefficient (Wildman–Crippen LogP) is 5.95. The lowest BCUT2D eigenvalue weighted by molar-refractivity contribution is -0.137. The van der Waals surface area contributed by atoms with E-state index in [1.54, 1.807) is 36.4 Å². The first kappa shape index (κ1) is 21.0. The molecular weight excluding hydrogens is 434 g/mol. The van der Waals surface area contributed by atoms with Crippen LogP contribution >= 0.6 is 0 Å². The Bertz CT molecular complexity index is 1310. The van der Waals surface area contributed by atoms with Gasteiger partial charge < -0.3 is 5.11 Å². The molecule has 3 aromatic carbocycles. The van der Waals surface area contributed by atoms with Crippen LogP contribution in [0.2, 0.25) is 0 Å². The first-order chi connectivity index (χ1) is 15.8. The van der Waals surface area contributed by atoms with E-state index in [0.717, 1.165) is 28.8 Å². The molecule has 2 atom stereocenters. The van der Waals surface area contributed by atoms with Crippen molar-refractivity contribution in [3.63, 3.8) is 0 Å². The number of anilines is 1. The summed E-state index contributed by atoms with van der Waals surface area (Å²) in [6, 6.07) is 15.6. The zero-order valence-corrected chi connectivity index (χ0v) is 17.1. The summed E-state index contributed by atoms with van der Waals surface area (Å²) in [5.41, 5.74) is 1.89. The van der Waals surface area contributed by atoms with Gasteiger partial charge in [-0.15, -0.1) is 0 Å². The van der Waals surface area contributed by atoms with Crippen molar-refractivity contribution in [2.24, 2.45) is 11.0 Å². The van der Waals surface area contributed by atoms with Gasteiger partial charge in [0.1, 0.15) is 11.6 Å². The van der Waals surface area contributed by atoms with E-state index in [9.17, 15) is 22.7 Å². The van der Waals surface area contributed by atoms with Crippen LogP contribution in [0.1, 0.15) is 40.3 Å². The van der Waals surface area contributed by atoms with Gasteiger partial charge in [-0.05, 0) is 72.5 Å². The second-order valence-electron chi connectivity index (χ2n) is 8.15. The highest BCUT2D eigenvalue weighted by molar-refractivity contribution is 6.07. The van der Waals surface area contributed by atoms with Gasteiger partial charge in [-0.1, -0.05) is 12.1 Å². The number of fused-ring (bicyclic) bond motifs is 3. The molecule has 3 aromatic rings. The third-order valence-electron chi connectivity index (χ3n) is 6.21. The molecule has 0 saturated carbocycles. The van der Waals surface area contributed by atoms with Crippen LogP contribution in [0.3, 0.4) is 0 Å². The Balaban J connectivity index is 1.68. The van der Waals surface area contributed by atoms with Crippen molar-refractivity contribution in [1.82, 2.24) is 0 Å². The Morgan fingerprint density at radius 3 is 2.48 bits per heavy atom. The fraction of sp³-hybridized carbons (Fsp3) is 0.200. The van der Waals surface area contributed by atoms with Crippen LogP contribution in [0.25, 0.3) is 0 Å². The topological polar surface area (TPSA) is 59.6 Å². The molecule has 8 heteroatoms. The maximum atomic E-state index is 13.6. The number of halogens is 4. The highest BCUT2D eigenvalue weighted by Gasteiger charge is 2.43. The maximum absolute atomic E-state index is 13.6. The fourth-order valence-electron chi connectivity index (χ4n) is 4.73. The van der Waals surface area contributed by atoms with Crippen molar-refractivity contribution < 1.29 is 22.7 Å². The van der Waals surface area contributed by atoms with Gasteiger partial charge in [-0.2, -0.15) is 23.5 Å². The number of aryl methyl sites for hydroxylation is 1. The molecule has 0 aromatic heterocycles. The quantitative estimate of drug-likeness (QED) is 0.490. The zero-order chi connectivity index (χ0) is 23.3. The molecular formula is C25H17F4N3O. The van der Waals surface area contributed by atoms with Crippen molar-refractivity contribution in [3.05, 3.63) is 94.3 Å². The number of nitriles is 1. The average Bonchev–Trinajstić information content (AvgIpc) is 3.18. The highest BCUT2D eigenvalue weighted by Crippen LogP contribution is 2.46. The van der Waals surface area contributed by atoms with Crippen LogP contribution in [0.15, 0.2) is 65.8 Å². The number of phenols is 1. The van der Waals surface area contributed by atoms with E-state index < -0.39 is 29.2 Å². The number of benzene rings is 3. The van der Waals surface area contributed by atoms with Crippen molar-refractivity contribution in [1.29, 1.82) is 5.26 Å². The third kappa shape index (κ3) is 3.59. The van der Waals surface area contributed by atoms with Gasteiger partial charge in [0.2, 0.25) is 0 Å². The van der Waals surface area contributed by atoms with Gasteiger partial charge in [0.25, 0.3) is 0 Å². The molecule has 166 valence electrons. The molecule has 0 bridgehead atoms. The molecule has 4 nitrogen and oxygen atoms in total. The second-order valence-corrected chi connectivity index (χ2v) is 8.15. The third-order valence-corrected chi connectivity index (χ3v) is 6.21. The van der Waals surface area contributed by atoms with Crippen LogP contribution in [0, 0.1) is 23.1 Å². The molecule has 0 unspecified atom stereocenters. The van der Waals surface area contributed by atoms with E-state index in [-0.39, 0.29) is 17.4 Å². The minimum Gasteiger partial charge on any atom is -0.508 e. The van der Waals surface area contributed by atoms with Crippen LogP contribution in [-0.4, -0.2) is 10.8 Å². The number of rotatable bonds is 2. The number of hydrogen-bond donors (Lipinski definition) is 1. The van der Waals surface area contributed by atoms with E-state index >= 15 is 0 Å². The minimum atomic E-state index is -4.70. The molecule has 0 spiro atoms. The van der Waals surface area contributed by atoms with E-state index in [2.05, 4.69) is 0 Å². The lowest BCUT2D eigenvalue weighted by Gasteiger charge is -2.31. The van der Waals surface area contributed by atoms with Crippen molar-refractivity contribution >= 4 is 11.4 Å². The molecule has 0 amide bonds. The SMILES string of the molecule is N#Cc1ccc(N2N=C3c4ccc(O)cc4CC[C@H]3[C@H]2c2ccc(F)cc2)cc1C(F)(F)F. The molecule has 0 fully saturated rings. The molecule has 5 rings (SSSR count). The van der Waals surface area contributed by atoms with Gasteiger partial charge in [0.05, 0.1) is 34.6 Å². The summed E-state index contributed by atoms with van der Waals surface area (Å²) < 4.78 is 54.5.